The fourth-order valence-electron chi connectivity index (χ4n) is 3.80. The predicted octanol–water partition coefficient (Wildman–Crippen LogP) is 6.05. The molecular weight excluding hydrogens is 466 g/mol. The minimum atomic E-state index is -4.64. The van der Waals surface area contributed by atoms with E-state index >= 15 is 0 Å². The number of nitrogens with zero attached hydrogens (tertiary/aromatic N) is 2. The maximum atomic E-state index is 13.8. The minimum absolute atomic E-state index is 0.0692. The molecule has 1 atom stereocenters. The molecule has 0 saturated heterocycles. The van der Waals surface area contributed by atoms with Gasteiger partial charge < -0.3 is 19.5 Å². The highest BCUT2D eigenvalue weighted by molar-refractivity contribution is 5.91. The van der Waals surface area contributed by atoms with E-state index < -0.39 is 17.6 Å². The van der Waals surface area contributed by atoms with Gasteiger partial charge in [0, 0.05) is 18.0 Å². The van der Waals surface area contributed by atoms with Crippen LogP contribution in [-0.4, -0.2) is 35.9 Å². The molecule has 0 aliphatic heterocycles. The van der Waals surface area contributed by atoms with E-state index in [4.69, 9.17) is 14.2 Å². The van der Waals surface area contributed by atoms with Gasteiger partial charge in [-0.15, -0.1) is 0 Å². The molecule has 35 heavy (non-hydrogen) atoms. The molecule has 1 fully saturated rings. The molecule has 1 aliphatic carbocycles. The van der Waals surface area contributed by atoms with Crippen LogP contribution in [0.2, 0.25) is 0 Å². The second-order valence-corrected chi connectivity index (χ2v) is 8.65. The fraction of sp³-hybridized carbons (Fsp3) is 0.440. The van der Waals surface area contributed by atoms with Crippen molar-refractivity contribution in [3.63, 3.8) is 0 Å². The van der Waals surface area contributed by atoms with Crippen LogP contribution in [0.25, 0.3) is 10.9 Å². The van der Waals surface area contributed by atoms with Crippen molar-refractivity contribution >= 4 is 16.7 Å². The average molecular weight is 494 g/mol. The minimum Gasteiger partial charge on any atom is -0.493 e. The normalized spacial score (nSPS) is 15.1. The number of hydrogen-bond donors (Lipinski definition) is 1. The first-order valence-corrected chi connectivity index (χ1v) is 11.4. The third kappa shape index (κ3) is 6.11. The lowest BCUT2D eigenvalue weighted by Crippen LogP contribution is -2.28. The summed E-state index contributed by atoms with van der Waals surface area (Å²) in [5.41, 5.74) is -0.345. The number of fused-ring (bicyclic) bond motifs is 1. The number of hydrogen-bond acceptors (Lipinski definition) is 6. The molecule has 1 N–H and O–H groups in total. The molecule has 3 aromatic rings. The zero-order valence-electron chi connectivity index (χ0n) is 19.7. The van der Waals surface area contributed by atoms with E-state index in [-0.39, 0.29) is 24.3 Å². The van der Waals surface area contributed by atoms with Crippen LogP contribution in [0.3, 0.4) is 0 Å². The first-order valence-electron chi connectivity index (χ1n) is 11.4. The Hall–Kier alpha value is -3.14. The van der Waals surface area contributed by atoms with Crippen LogP contribution in [-0.2, 0) is 17.5 Å². The van der Waals surface area contributed by atoms with Crippen molar-refractivity contribution in [2.24, 2.45) is 0 Å². The second kappa shape index (κ2) is 10.2. The maximum Gasteiger partial charge on any atom is 0.416 e. The molecule has 1 heterocycles. The highest BCUT2D eigenvalue weighted by Crippen LogP contribution is 2.36. The van der Waals surface area contributed by atoms with Crippen molar-refractivity contribution in [3.05, 3.63) is 53.1 Å². The number of alkyl halides is 3. The third-order valence-electron chi connectivity index (χ3n) is 5.78. The lowest BCUT2D eigenvalue weighted by atomic mass is 9.96. The van der Waals surface area contributed by atoms with Crippen molar-refractivity contribution in [1.29, 1.82) is 0 Å². The standard InChI is InChI=1S/C25H27F4N3O3/c1-14(13-34-19-5-4-6-19)35-23-10-20-21(11-22(23)33-3)31-15(2)32-24(20)30-12-16-7-17(25(27,28)29)9-18(26)8-16/h7-11,14,19H,4-6,12-13H2,1-3H3,(H,30,31,32). The first-order chi connectivity index (χ1) is 16.6. The molecule has 6 nitrogen and oxygen atoms in total. The van der Waals surface area contributed by atoms with Crippen LogP contribution in [0.15, 0.2) is 30.3 Å². The molecule has 1 unspecified atom stereocenters. The summed E-state index contributed by atoms with van der Waals surface area (Å²) in [7, 11) is 1.53. The Labute approximate surface area is 200 Å². The van der Waals surface area contributed by atoms with Crippen LogP contribution in [0.1, 0.15) is 43.1 Å². The predicted molar refractivity (Wildman–Crippen MR) is 123 cm³/mol. The summed E-state index contributed by atoms with van der Waals surface area (Å²) < 4.78 is 70.4. The Morgan fingerprint density at radius 1 is 1.09 bits per heavy atom. The summed E-state index contributed by atoms with van der Waals surface area (Å²) in [6.07, 6.45) is -1.29. The number of halogens is 4. The molecule has 10 heteroatoms. The average Bonchev–Trinajstić information content (AvgIpc) is 2.75. The summed E-state index contributed by atoms with van der Waals surface area (Å²) in [5.74, 6) is 0.825. The van der Waals surface area contributed by atoms with E-state index in [2.05, 4.69) is 15.3 Å². The molecular formula is C25H27F4N3O3. The molecule has 1 saturated carbocycles. The summed E-state index contributed by atoms with van der Waals surface area (Å²) >= 11 is 0. The Balaban J connectivity index is 1.59. The monoisotopic (exact) mass is 493 g/mol. The van der Waals surface area contributed by atoms with Crippen molar-refractivity contribution in [1.82, 2.24) is 9.97 Å². The number of ether oxygens (including phenoxy) is 3. The van der Waals surface area contributed by atoms with Gasteiger partial charge in [-0.3, -0.25) is 0 Å². The van der Waals surface area contributed by atoms with Gasteiger partial charge in [-0.1, -0.05) is 0 Å². The summed E-state index contributed by atoms with van der Waals surface area (Å²) in [5, 5.41) is 3.61. The molecule has 0 bridgehead atoms. The van der Waals surface area contributed by atoms with E-state index in [1.165, 1.54) is 13.5 Å². The van der Waals surface area contributed by atoms with Crippen molar-refractivity contribution in [3.8, 4) is 11.5 Å². The Morgan fingerprint density at radius 3 is 2.51 bits per heavy atom. The molecule has 1 aromatic heterocycles. The van der Waals surface area contributed by atoms with Gasteiger partial charge >= 0.3 is 6.18 Å². The van der Waals surface area contributed by atoms with Crippen molar-refractivity contribution < 1.29 is 31.8 Å². The van der Waals surface area contributed by atoms with Gasteiger partial charge in [0.05, 0.1) is 30.9 Å². The zero-order valence-corrected chi connectivity index (χ0v) is 19.7. The SMILES string of the molecule is COc1cc2nc(C)nc(NCc3cc(F)cc(C(F)(F)F)c3)c2cc1OC(C)COC1CCC1. The number of rotatable bonds is 9. The highest BCUT2D eigenvalue weighted by Gasteiger charge is 2.31. The Bertz CT molecular complexity index is 1200. The van der Waals surface area contributed by atoms with Gasteiger partial charge in [-0.2, -0.15) is 13.2 Å². The number of nitrogens with one attached hydrogen (secondary N) is 1. The molecule has 0 amide bonds. The molecule has 188 valence electrons. The number of anilines is 1. The van der Waals surface area contributed by atoms with E-state index in [0.29, 0.717) is 46.7 Å². The molecule has 0 radical (unpaired) electrons. The number of benzene rings is 2. The first kappa shape index (κ1) is 25.0. The zero-order chi connectivity index (χ0) is 25.2. The van der Waals surface area contributed by atoms with Gasteiger partial charge in [-0.05, 0) is 62.9 Å². The summed E-state index contributed by atoms with van der Waals surface area (Å²) in [6, 6.07) is 5.88. The number of methoxy groups -OCH3 is 1. The van der Waals surface area contributed by atoms with Gasteiger partial charge in [0.2, 0.25) is 0 Å². The fourth-order valence-corrected chi connectivity index (χ4v) is 3.80. The van der Waals surface area contributed by atoms with Crippen LogP contribution in [0.4, 0.5) is 23.4 Å². The Morgan fingerprint density at radius 2 is 1.86 bits per heavy atom. The van der Waals surface area contributed by atoms with E-state index in [0.717, 1.165) is 25.0 Å². The lowest BCUT2D eigenvalue weighted by molar-refractivity contribution is -0.137. The maximum absolute atomic E-state index is 13.8. The molecule has 4 rings (SSSR count). The molecule has 0 spiro atoms. The topological polar surface area (TPSA) is 65.5 Å². The van der Waals surface area contributed by atoms with E-state index in [1.54, 1.807) is 19.1 Å². The second-order valence-electron chi connectivity index (χ2n) is 8.65. The lowest BCUT2D eigenvalue weighted by Gasteiger charge is -2.27. The quantitative estimate of drug-likeness (QED) is 0.366. The van der Waals surface area contributed by atoms with E-state index in [1.807, 2.05) is 6.92 Å². The smallest absolute Gasteiger partial charge is 0.416 e. The van der Waals surface area contributed by atoms with Crippen LogP contribution in [0.5, 0.6) is 11.5 Å². The van der Waals surface area contributed by atoms with Crippen LogP contribution in [0, 0.1) is 12.7 Å². The third-order valence-corrected chi connectivity index (χ3v) is 5.78. The number of aryl methyl sites for hydroxylation is 1. The van der Waals surface area contributed by atoms with Gasteiger partial charge in [0.25, 0.3) is 0 Å². The van der Waals surface area contributed by atoms with Crippen LogP contribution >= 0.6 is 0 Å². The molecule has 1 aliphatic rings. The van der Waals surface area contributed by atoms with Crippen molar-refractivity contribution in [2.45, 2.75) is 58.0 Å². The highest BCUT2D eigenvalue weighted by atomic mass is 19.4. The largest absolute Gasteiger partial charge is 0.493 e. The van der Waals surface area contributed by atoms with Gasteiger partial charge in [0.1, 0.15) is 23.6 Å². The van der Waals surface area contributed by atoms with Crippen LogP contribution < -0.4 is 14.8 Å². The number of aromatic nitrogens is 2. The van der Waals surface area contributed by atoms with Gasteiger partial charge in [0.15, 0.2) is 11.5 Å². The van der Waals surface area contributed by atoms with E-state index in [9.17, 15) is 17.6 Å². The summed E-state index contributed by atoms with van der Waals surface area (Å²) in [6.45, 7) is 3.96. The van der Waals surface area contributed by atoms with Crippen molar-refractivity contribution in [2.75, 3.05) is 19.0 Å². The molecule has 2 aromatic carbocycles. The summed E-state index contributed by atoms with van der Waals surface area (Å²) in [4.78, 5) is 8.84. The Kier molecular flexibility index (Phi) is 7.30. The van der Waals surface area contributed by atoms with Gasteiger partial charge in [-0.25, -0.2) is 14.4 Å².